The Morgan fingerprint density at radius 3 is 2.67 bits per heavy atom. The highest BCUT2D eigenvalue weighted by Gasteiger charge is 2.33. The minimum Gasteiger partial charge on any atom is -0.490 e. The van der Waals surface area contributed by atoms with Gasteiger partial charge in [0.05, 0.1) is 11.7 Å². The Balaban J connectivity index is 1.74. The van der Waals surface area contributed by atoms with Crippen LogP contribution in [-0.4, -0.2) is 11.2 Å². The molecule has 2 atom stereocenters. The average Bonchev–Trinajstić information content (AvgIpc) is 3.27. The summed E-state index contributed by atoms with van der Waals surface area (Å²) in [7, 11) is 0. The molecule has 0 spiro atoms. The lowest BCUT2D eigenvalue weighted by Crippen LogP contribution is -2.25. The third-order valence-corrected chi connectivity index (χ3v) is 5.24. The van der Waals surface area contributed by atoms with Gasteiger partial charge < -0.3 is 9.84 Å². The molecule has 1 aromatic carbocycles. The molecule has 1 N–H and O–H groups in total. The summed E-state index contributed by atoms with van der Waals surface area (Å²) in [6.07, 6.45) is 8.00. The van der Waals surface area contributed by atoms with Crippen molar-refractivity contribution in [2.75, 3.05) is 0 Å². The van der Waals surface area contributed by atoms with Crippen molar-refractivity contribution in [2.45, 2.75) is 70.5 Å². The molecule has 2 unspecified atom stereocenters. The van der Waals surface area contributed by atoms with Crippen molar-refractivity contribution in [1.82, 2.24) is 0 Å². The summed E-state index contributed by atoms with van der Waals surface area (Å²) < 4.78 is 5.88. The second kappa shape index (κ2) is 6.00. The Labute approximate surface area is 128 Å². The van der Waals surface area contributed by atoms with Crippen LogP contribution in [-0.2, 0) is 5.60 Å². The van der Waals surface area contributed by atoms with E-state index >= 15 is 0 Å². The topological polar surface area (TPSA) is 29.5 Å². The highest BCUT2D eigenvalue weighted by atomic mass is 16.5. The van der Waals surface area contributed by atoms with Crippen LogP contribution in [0.1, 0.15) is 64.4 Å². The maximum atomic E-state index is 11.1. The van der Waals surface area contributed by atoms with Crippen molar-refractivity contribution in [3.8, 4) is 5.75 Å². The molecule has 0 aliphatic heterocycles. The first-order chi connectivity index (χ1) is 10.1. The van der Waals surface area contributed by atoms with Gasteiger partial charge in [-0.15, -0.1) is 0 Å². The normalized spacial score (nSPS) is 30.2. The summed E-state index contributed by atoms with van der Waals surface area (Å²) in [4.78, 5) is 0. The molecule has 0 radical (unpaired) electrons. The minimum absolute atomic E-state index is 0.411. The van der Waals surface area contributed by atoms with E-state index in [1.54, 1.807) is 0 Å². The third-order valence-electron chi connectivity index (χ3n) is 5.24. The Morgan fingerprint density at radius 2 is 1.95 bits per heavy atom. The van der Waals surface area contributed by atoms with Crippen LogP contribution >= 0.6 is 0 Å². The van der Waals surface area contributed by atoms with Gasteiger partial charge in [0, 0.05) is 0 Å². The monoisotopic (exact) mass is 288 g/mol. The molecule has 0 heterocycles. The number of hydrogen-bond acceptors (Lipinski definition) is 2. The molecule has 0 saturated heterocycles. The van der Waals surface area contributed by atoms with Crippen molar-refractivity contribution >= 4 is 0 Å². The quantitative estimate of drug-likeness (QED) is 0.817. The highest BCUT2D eigenvalue weighted by molar-refractivity contribution is 5.33. The zero-order valence-corrected chi connectivity index (χ0v) is 13.3. The standard InChI is InChI=1S/C19H28O2/c1-14(2)15-5-4-11-19(20,12-10-15)16-6-3-7-18(13-16)21-17-8-9-17/h3,6-7,13-15,17,20H,4-5,8-12H2,1-2H3. The summed E-state index contributed by atoms with van der Waals surface area (Å²) in [5.74, 6) is 2.40. The Bertz CT molecular complexity index is 478. The Kier molecular flexibility index (Phi) is 4.26. The zero-order chi connectivity index (χ0) is 14.9. The van der Waals surface area contributed by atoms with Gasteiger partial charge in [-0.3, -0.25) is 0 Å². The molecular weight excluding hydrogens is 260 g/mol. The fourth-order valence-corrected chi connectivity index (χ4v) is 3.54. The molecule has 116 valence electrons. The van der Waals surface area contributed by atoms with Crippen molar-refractivity contribution < 1.29 is 9.84 Å². The second-order valence-corrected chi connectivity index (χ2v) is 7.31. The van der Waals surface area contributed by atoms with Crippen LogP contribution in [0.25, 0.3) is 0 Å². The smallest absolute Gasteiger partial charge is 0.120 e. The number of ether oxygens (including phenoxy) is 1. The van der Waals surface area contributed by atoms with Gasteiger partial charge in [0.1, 0.15) is 5.75 Å². The molecule has 2 saturated carbocycles. The molecule has 0 aromatic heterocycles. The summed E-state index contributed by atoms with van der Waals surface area (Å²) >= 11 is 0. The molecule has 3 rings (SSSR count). The summed E-state index contributed by atoms with van der Waals surface area (Å²) in [5.41, 5.74) is 0.386. The largest absolute Gasteiger partial charge is 0.490 e. The van der Waals surface area contributed by atoms with Gasteiger partial charge in [0.25, 0.3) is 0 Å². The number of hydrogen-bond donors (Lipinski definition) is 1. The Hall–Kier alpha value is -1.02. The molecule has 0 bridgehead atoms. The van der Waals surface area contributed by atoms with Gasteiger partial charge in [-0.2, -0.15) is 0 Å². The minimum atomic E-state index is -0.660. The number of aliphatic hydroxyl groups is 1. The number of benzene rings is 1. The van der Waals surface area contributed by atoms with E-state index in [2.05, 4.69) is 26.0 Å². The van der Waals surface area contributed by atoms with E-state index < -0.39 is 5.60 Å². The lowest BCUT2D eigenvalue weighted by Gasteiger charge is -2.28. The van der Waals surface area contributed by atoms with Gasteiger partial charge >= 0.3 is 0 Å². The SMILES string of the molecule is CC(C)C1CCCC(O)(c2cccc(OC3CC3)c2)CC1. The van der Waals surface area contributed by atoms with Gasteiger partial charge in [0.15, 0.2) is 0 Å². The molecule has 2 heteroatoms. The molecule has 0 amide bonds. The lowest BCUT2D eigenvalue weighted by molar-refractivity contribution is 0.0188. The van der Waals surface area contributed by atoms with Crippen LogP contribution in [0.2, 0.25) is 0 Å². The molecular formula is C19H28O2. The molecule has 2 aliphatic carbocycles. The van der Waals surface area contributed by atoms with E-state index in [-0.39, 0.29) is 0 Å². The second-order valence-electron chi connectivity index (χ2n) is 7.31. The van der Waals surface area contributed by atoms with E-state index in [9.17, 15) is 5.11 Å². The first-order valence-corrected chi connectivity index (χ1v) is 8.56. The van der Waals surface area contributed by atoms with Crippen LogP contribution in [0.4, 0.5) is 0 Å². The third kappa shape index (κ3) is 3.60. The summed E-state index contributed by atoms with van der Waals surface area (Å²) in [6, 6.07) is 8.16. The van der Waals surface area contributed by atoms with Crippen LogP contribution < -0.4 is 4.74 Å². The molecule has 21 heavy (non-hydrogen) atoms. The first kappa shape index (κ1) is 14.9. The predicted molar refractivity (Wildman–Crippen MR) is 85.4 cm³/mol. The van der Waals surface area contributed by atoms with E-state index in [4.69, 9.17) is 4.74 Å². The van der Waals surface area contributed by atoms with E-state index in [1.807, 2.05) is 12.1 Å². The summed E-state index contributed by atoms with van der Waals surface area (Å²) in [5, 5.41) is 11.1. The maximum absolute atomic E-state index is 11.1. The first-order valence-electron chi connectivity index (χ1n) is 8.56. The van der Waals surface area contributed by atoms with E-state index in [1.165, 1.54) is 19.3 Å². The average molecular weight is 288 g/mol. The number of rotatable bonds is 4. The van der Waals surface area contributed by atoms with E-state index in [0.717, 1.165) is 48.8 Å². The van der Waals surface area contributed by atoms with Crippen LogP contribution in [0.15, 0.2) is 24.3 Å². The van der Waals surface area contributed by atoms with Crippen molar-refractivity contribution in [1.29, 1.82) is 0 Å². The summed E-state index contributed by atoms with van der Waals surface area (Å²) in [6.45, 7) is 4.61. The molecule has 2 fully saturated rings. The fraction of sp³-hybridized carbons (Fsp3) is 0.684. The van der Waals surface area contributed by atoms with Gasteiger partial charge in [0.2, 0.25) is 0 Å². The Morgan fingerprint density at radius 1 is 1.14 bits per heavy atom. The fourth-order valence-electron chi connectivity index (χ4n) is 3.54. The molecule has 2 nitrogen and oxygen atoms in total. The van der Waals surface area contributed by atoms with E-state index in [0.29, 0.717) is 6.10 Å². The molecule has 1 aromatic rings. The van der Waals surface area contributed by atoms with Gasteiger partial charge in [-0.25, -0.2) is 0 Å². The van der Waals surface area contributed by atoms with Crippen LogP contribution in [0.5, 0.6) is 5.75 Å². The van der Waals surface area contributed by atoms with Crippen molar-refractivity contribution in [3.63, 3.8) is 0 Å². The van der Waals surface area contributed by atoms with Gasteiger partial charge in [-0.05, 0) is 68.1 Å². The zero-order valence-electron chi connectivity index (χ0n) is 13.3. The highest BCUT2D eigenvalue weighted by Crippen LogP contribution is 2.41. The van der Waals surface area contributed by atoms with Crippen LogP contribution in [0, 0.1) is 11.8 Å². The lowest BCUT2D eigenvalue weighted by atomic mass is 9.84. The predicted octanol–water partition coefficient (Wildman–Crippen LogP) is 4.65. The maximum Gasteiger partial charge on any atom is 0.120 e. The van der Waals surface area contributed by atoms with Crippen molar-refractivity contribution in [2.24, 2.45) is 11.8 Å². The molecule has 2 aliphatic rings. The van der Waals surface area contributed by atoms with Crippen LogP contribution in [0.3, 0.4) is 0 Å². The van der Waals surface area contributed by atoms with Crippen molar-refractivity contribution in [3.05, 3.63) is 29.8 Å². The van der Waals surface area contributed by atoms with Gasteiger partial charge in [-0.1, -0.05) is 32.4 Å².